The van der Waals surface area contributed by atoms with Crippen molar-refractivity contribution in [3.05, 3.63) is 63.0 Å². The van der Waals surface area contributed by atoms with Gasteiger partial charge in [-0.25, -0.2) is 0 Å². The van der Waals surface area contributed by atoms with Crippen molar-refractivity contribution in [1.82, 2.24) is 0 Å². The fraction of sp³-hybridized carbons (Fsp3) is 0.211. The molecule has 1 amide bonds. The smallest absolute Gasteiger partial charge is 0.267 e. The molecule has 0 aliphatic rings. The van der Waals surface area contributed by atoms with Gasteiger partial charge in [-0.2, -0.15) is 0 Å². The lowest BCUT2D eigenvalue weighted by molar-refractivity contribution is 0.103. The Morgan fingerprint density at radius 1 is 1.21 bits per heavy atom. The van der Waals surface area contributed by atoms with Crippen molar-refractivity contribution in [3.8, 4) is 0 Å². The van der Waals surface area contributed by atoms with Gasteiger partial charge in [-0.15, -0.1) is 11.3 Å². The summed E-state index contributed by atoms with van der Waals surface area (Å²) in [7, 11) is 0. The number of thiophene rings is 1. The molecule has 1 N–H and O–H groups in total. The van der Waals surface area contributed by atoms with Crippen molar-refractivity contribution in [1.29, 1.82) is 0 Å². The first-order valence-electron chi connectivity index (χ1n) is 7.79. The van der Waals surface area contributed by atoms with Crippen molar-refractivity contribution in [2.75, 3.05) is 5.32 Å². The van der Waals surface area contributed by atoms with E-state index in [9.17, 15) is 4.79 Å². The molecular formula is C19H17Cl2NOS. The van der Waals surface area contributed by atoms with Gasteiger partial charge in [0.2, 0.25) is 0 Å². The highest BCUT2D eigenvalue weighted by Crippen LogP contribution is 2.37. The van der Waals surface area contributed by atoms with Crippen molar-refractivity contribution < 1.29 is 4.79 Å². The van der Waals surface area contributed by atoms with E-state index in [0.717, 1.165) is 27.8 Å². The van der Waals surface area contributed by atoms with Gasteiger partial charge in [0.25, 0.3) is 5.91 Å². The summed E-state index contributed by atoms with van der Waals surface area (Å²) in [5.41, 5.74) is 1.97. The number of anilines is 1. The first-order chi connectivity index (χ1) is 11.5. The number of carbonyl (C=O) groups excluding carboxylic acids is 1. The van der Waals surface area contributed by atoms with Crippen LogP contribution in [0, 0.1) is 0 Å². The number of carbonyl (C=O) groups is 1. The largest absolute Gasteiger partial charge is 0.321 e. The number of amides is 1. The summed E-state index contributed by atoms with van der Waals surface area (Å²) in [5.74, 6) is 0.186. The number of rotatable bonds is 4. The predicted molar refractivity (Wildman–Crippen MR) is 105 cm³/mol. The quantitative estimate of drug-likeness (QED) is 0.522. The van der Waals surface area contributed by atoms with Crippen molar-refractivity contribution >= 4 is 56.2 Å². The summed E-state index contributed by atoms with van der Waals surface area (Å²) in [6, 6.07) is 13.4. The van der Waals surface area contributed by atoms with Gasteiger partial charge in [-0.3, -0.25) is 4.79 Å². The third-order valence-electron chi connectivity index (χ3n) is 4.15. The maximum Gasteiger partial charge on any atom is 0.267 e. The summed E-state index contributed by atoms with van der Waals surface area (Å²) in [4.78, 5) is 13.2. The number of para-hydroxylation sites is 1. The van der Waals surface area contributed by atoms with Crippen molar-refractivity contribution in [3.63, 3.8) is 0 Å². The number of nitrogens with one attached hydrogen (secondary N) is 1. The summed E-state index contributed by atoms with van der Waals surface area (Å²) >= 11 is 13.8. The molecular weight excluding hydrogens is 361 g/mol. The predicted octanol–water partition coefficient (Wildman–Crippen LogP) is 6.97. The molecule has 0 bridgehead atoms. The van der Waals surface area contributed by atoms with Crippen LogP contribution in [0.4, 0.5) is 5.69 Å². The minimum atomic E-state index is -0.187. The topological polar surface area (TPSA) is 29.1 Å². The Labute approximate surface area is 155 Å². The number of halogens is 2. The van der Waals surface area contributed by atoms with Gasteiger partial charge in [-0.05, 0) is 36.1 Å². The van der Waals surface area contributed by atoms with Crippen LogP contribution < -0.4 is 5.32 Å². The van der Waals surface area contributed by atoms with E-state index < -0.39 is 0 Å². The van der Waals surface area contributed by atoms with E-state index in [0.29, 0.717) is 20.8 Å². The Hall–Kier alpha value is -1.55. The van der Waals surface area contributed by atoms with Crippen LogP contribution >= 0.6 is 34.5 Å². The minimum absolute atomic E-state index is 0.187. The van der Waals surface area contributed by atoms with E-state index in [4.69, 9.17) is 23.2 Å². The van der Waals surface area contributed by atoms with Crippen molar-refractivity contribution in [2.24, 2.45) is 0 Å². The molecule has 2 aromatic carbocycles. The fourth-order valence-corrected chi connectivity index (χ4v) is 4.31. The van der Waals surface area contributed by atoms with Crippen LogP contribution in [0.2, 0.25) is 10.0 Å². The molecule has 0 saturated heterocycles. The van der Waals surface area contributed by atoms with E-state index in [2.05, 4.69) is 25.2 Å². The van der Waals surface area contributed by atoms with Crippen LogP contribution in [-0.4, -0.2) is 5.91 Å². The fourth-order valence-electron chi connectivity index (χ4n) is 2.62. The van der Waals surface area contributed by atoms with E-state index >= 15 is 0 Å². The van der Waals surface area contributed by atoms with Crippen LogP contribution in [0.25, 0.3) is 10.1 Å². The molecule has 24 heavy (non-hydrogen) atoms. The number of hydrogen-bond donors (Lipinski definition) is 1. The SMILES string of the molecule is CC[C@H](C)c1ccccc1NC(=O)c1sc2cc(Cl)ccc2c1Cl. The lowest BCUT2D eigenvalue weighted by Gasteiger charge is -2.15. The molecule has 0 unspecified atom stereocenters. The lowest BCUT2D eigenvalue weighted by Crippen LogP contribution is -2.13. The van der Waals surface area contributed by atoms with Crippen molar-refractivity contribution in [2.45, 2.75) is 26.2 Å². The second-order valence-corrected chi connectivity index (χ2v) is 7.60. The molecule has 1 heterocycles. The standard InChI is InChI=1S/C19H17Cl2NOS/c1-3-11(2)13-6-4-5-7-15(13)22-19(23)18-17(21)14-9-8-12(20)10-16(14)24-18/h4-11H,3H2,1-2H3,(H,22,23)/t11-/m0/s1. The molecule has 0 radical (unpaired) electrons. The average molecular weight is 378 g/mol. The maximum atomic E-state index is 12.7. The van der Waals surface area contributed by atoms with E-state index in [1.54, 1.807) is 6.07 Å². The summed E-state index contributed by atoms with van der Waals surface area (Å²) < 4.78 is 0.910. The molecule has 3 aromatic rings. The second-order valence-electron chi connectivity index (χ2n) is 5.74. The highest BCUT2D eigenvalue weighted by Gasteiger charge is 2.19. The molecule has 2 nitrogen and oxygen atoms in total. The Bertz CT molecular complexity index is 904. The van der Waals surface area contributed by atoms with Gasteiger partial charge in [0.05, 0.1) is 5.02 Å². The molecule has 5 heteroatoms. The van der Waals surface area contributed by atoms with E-state index in [1.165, 1.54) is 11.3 Å². The van der Waals surface area contributed by atoms with Gasteiger partial charge >= 0.3 is 0 Å². The van der Waals surface area contributed by atoms with E-state index in [1.807, 2.05) is 30.3 Å². The van der Waals surface area contributed by atoms with Gasteiger partial charge in [0.15, 0.2) is 0 Å². The minimum Gasteiger partial charge on any atom is -0.321 e. The van der Waals surface area contributed by atoms with Gasteiger partial charge in [-0.1, -0.05) is 61.3 Å². The summed E-state index contributed by atoms with van der Waals surface area (Å²) in [5, 5.41) is 4.98. The molecule has 0 spiro atoms. The number of fused-ring (bicyclic) bond motifs is 1. The van der Waals surface area contributed by atoms with Gasteiger partial charge in [0, 0.05) is 20.8 Å². The molecule has 0 saturated carbocycles. The average Bonchev–Trinajstić information content (AvgIpc) is 2.90. The van der Waals surface area contributed by atoms with Crippen LogP contribution in [0.15, 0.2) is 42.5 Å². The van der Waals surface area contributed by atoms with Crippen LogP contribution in [-0.2, 0) is 0 Å². The third kappa shape index (κ3) is 3.30. The first kappa shape index (κ1) is 17.3. The zero-order chi connectivity index (χ0) is 17.3. The first-order valence-corrected chi connectivity index (χ1v) is 9.36. The van der Waals surface area contributed by atoms with Gasteiger partial charge in [0.1, 0.15) is 4.88 Å². The summed E-state index contributed by atoms with van der Waals surface area (Å²) in [6.07, 6.45) is 1.01. The Morgan fingerprint density at radius 3 is 2.71 bits per heavy atom. The van der Waals surface area contributed by atoms with Crippen LogP contribution in [0.3, 0.4) is 0 Å². The highest BCUT2D eigenvalue weighted by molar-refractivity contribution is 7.21. The van der Waals surface area contributed by atoms with Crippen LogP contribution in [0.5, 0.6) is 0 Å². The molecule has 3 rings (SSSR count). The lowest BCUT2D eigenvalue weighted by atomic mass is 9.97. The zero-order valence-corrected chi connectivity index (χ0v) is 15.7. The Balaban J connectivity index is 1.95. The second kappa shape index (κ2) is 7.14. The molecule has 0 aliphatic carbocycles. The molecule has 0 aliphatic heterocycles. The normalized spacial score (nSPS) is 12.3. The molecule has 1 atom stereocenters. The molecule has 0 fully saturated rings. The highest BCUT2D eigenvalue weighted by atomic mass is 35.5. The monoisotopic (exact) mass is 377 g/mol. The van der Waals surface area contributed by atoms with Crippen LogP contribution in [0.1, 0.15) is 41.4 Å². The Kier molecular flexibility index (Phi) is 5.14. The van der Waals surface area contributed by atoms with E-state index in [-0.39, 0.29) is 5.91 Å². The zero-order valence-electron chi connectivity index (χ0n) is 13.4. The Morgan fingerprint density at radius 2 is 1.96 bits per heavy atom. The number of hydrogen-bond acceptors (Lipinski definition) is 2. The third-order valence-corrected chi connectivity index (χ3v) is 6.04. The molecule has 124 valence electrons. The van der Waals surface area contributed by atoms with Gasteiger partial charge < -0.3 is 5.32 Å². The maximum absolute atomic E-state index is 12.7. The molecule has 1 aromatic heterocycles. The summed E-state index contributed by atoms with van der Waals surface area (Å²) in [6.45, 7) is 4.29. The number of benzene rings is 2.